The van der Waals surface area contributed by atoms with Crippen LogP contribution in [0.1, 0.15) is 62.8 Å². The molecule has 0 saturated carbocycles. The van der Waals surface area contributed by atoms with Crippen LogP contribution in [0.2, 0.25) is 0 Å². The zero-order valence-corrected chi connectivity index (χ0v) is 30.5. The van der Waals surface area contributed by atoms with E-state index < -0.39 is 10.8 Å². The van der Waals surface area contributed by atoms with Gasteiger partial charge in [0, 0.05) is 59.1 Å². The van der Waals surface area contributed by atoms with Gasteiger partial charge in [-0.1, -0.05) is 50.6 Å². The van der Waals surface area contributed by atoms with Crippen molar-refractivity contribution >= 4 is 34.5 Å². The Morgan fingerprint density at radius 1 is 0.961 bits per heavy atom. The molecular weight excluding hydrogens is 661 g/mol. The highest BCUT2D eigenvalue weighted by molar-refractivity contribution is 7.84. The van der Waals surface area contributed by atoms with Gasteiger partial charge in [-0.15, -0.1) is 0 Å². The second-order valence-corrected chi connectivity index (χ2v) is 14.2. The zero-order valence-electron chi connectivity index (χ0n) is 29.7. The Balaban J connectivity index is 1.33. The molecule has 2 atom stereocenters. The van der Waals surface area contributed by atoms with Gasteiger partial charge >= 0.3 is 6.41 Å². The molecule has 2 heterocycles. The first kappa shape index (κ1) is 37.6. The van der Waals surface area contributed by atoms with Crippen molar-refractivity contribution in [1.82, 2.24) is 9.55 Å². The predicted molar refractivity (Wildman–Crippen MR) is 202 cm³/mol. The minimum atomic E-state index is -1.24. The fraction of sp³-hybridized carbons (Fsp3) is 0.341. The molecule has 51 heavy (non-hydrogen) atoms. The van der Waals surface area contributed by atoms with Gasteiger partial charge in [0.15, 0.2) is 0 Å². The van der Waals surface area contributed by atoms with Gasteiger partial charge in [0.25, 0.3) is 5.91 Å². The molecule has 2 amide bonds. The number of carbonyl (C=O) groups is 2. The third-order valence-electron chi connectivity index (χ3n) is 8.93. The number of ether oxygens (including phenoxy) is 2. The van der Waals surface area contributed by atoms with Crippen LogP contribution in [0.5, 0.6) is 5.75 Å². The first-order valence-corrected chi connectivity index (χ1v) is 19.1. The Hall–Kier alpha value is -4.64. The number of imidazole rings is 1. The van der Waals surface area contributed by atoms with Crippen molar-refractivity contribution in [1.29, 1.82) is 0 Å². The Morgan fingerprint density at radius 3 is 2.47 bits per heavy atom. The van der Waals surface area contributed by atoms with Crippen molar-refractivity contribution in [2.75, 3.05) is 31.7 Å². The molecule has 268 valence electrons. The van der Waals surface area contributed by atoms with Gasteiger partial charge < -0.3 is 19.4 Å². The van der Waals surface area contributed by atoms with E-state index in [9.17, 15) is 13.8 Å². The van der Waals surface area contributed by atoms with Crippen molar-refractivity contribution in [3.8, 4) is 5.75 Å². The molecule has 1 N–H and O–H groups in total. The fourth-order valence-corrected chi connectivity index (χ4v) is 7.28. The maximum atomic E-state index is 13.6. The van der Waals surface area contributed by atoms with Crippen LogP contribution in [0.15, 0.2) is 114 Å². The van der Waals surface area contributed by atoms with E-state index in [0.29, 0.717) is 61.1 Å². The van der Waals surface area contributed by atoms with Crippen molar-refractivity contribution in [2.24, 2.45) is 0 Å². The van der Waals surface area contributed by atoms with E-state index >= 15 is 0 Å². The lowest BCUT2D eigenvalue weighted by Gasteiger charge is -2.35. The van der Waals surface area contributed by atoms with Crippen LogP contribution in [0.3, 0.4) is 0 Å². The summed E-state index contributed by atoms with van der Waals surface area (Å²) in [5, 5.41) is 3.02. The molecule has 0 fully saturated rings. The first-order chi connectivity index (χ1) is 24.9. The molecule has 0 saturated heterocycles. The molecule has 2 unspecified atom stereocenters. The number of allylic oxidation sites excluding steroid dienone is 2. The number of hydrogen-bond donors (Lipinski definition) is 1. The lowest BCUT2D eigenvalue weighted by Crippen LogP contribution is -2.45. The van der Waals surface area contributed by atoms with E-state index in [1.807, 2.05) is 71.3 Å². The van der Waals surface area contributed by atoms with Gasteiger partial charge in [-0.05, 0) is 73.9 Å². The molecule has 1 aliphatic rings. The summed E-state index contributed by atoms with van der Waals surface area (Å²) in [5.74, 6) is 0.898. The molecule has 1 aliphatic heterocycles. The number of aryl methyl sites for hydroxylation is 1. The molecule has 10 heteroatoms. The van der Waals surface area contributed by atoms with E-state index in [2.05, 4.69) is 24.1 Å². The Labute approximate surface area is 304 Å². The first-order valence-electron chi connectivity index (χ1n) is 17.8. The van der Waals surface area contributed by atoms with Crippen LogP contribution < -0.4 is 10.1 Å². The molecule has 5 rings (SSSR count). The summed E-state index contributed by atoms with van der Waals surface area (Å²) in [5.41, 5.74) is 4.92. The van der Waals surface area contributed by atoms with Crippen LogP contribution in [-0.2, 0) is 44.0 Å². The lowest BCUT2D eigenvalue weighted by molar-refractivity contribution is -0.787. The molecule has 0 aliphatic carbocycles. The minimum absolute atomic E-state index is 0.0960. The number of hydrogen-bond acceptors (Lipinski definition) is 6. The standard InChI is InChI=1S/C41H48N4O5S/c1-3-5-25-49-26-27-50-38-18-13-34(14-19-38)40-22-15-35(12-9-24-45(40,32-46)29-33-10-7-6-8-11-33)41(47)43-36-16-20-39(21-17-36)51(48)30-37-28-42-31-44(37)23-4-2/h6-8,10-11,13-22,28,31-32H,3-5,9,12,23-27,29-30H2,1-2H3/p+1. The number of nitrogens with one attached hydrogen (secondary N) is 1. The average molecular weight is 710 g/mol. The maximum absolute atomic E-state index is 13.6. The van der Waals surface area contributed by atoms with Crippen molar-refractivity contribution < 1.29 is 27.8 Å². The topological polar surface area (TPSA) is 99.5 Å². The second kappa shape index (κ2) is 19.1. The summed E-state index contributed by atoms with van der Waals surface area (Å²) in [4.78, 5) is 31.6. The van der Waals surface area contributed by atoms with Gasteiger partial charge in [-0.25, -0.2) is 14.3 Å². The maximum Gasteiger partial charge on any atom is 0.306 e. The fourth-order valence-electron chi connectivity index (χ4n) is 6.16. The summed E-state index contributed by atoms with van der Waals surface area (Å²) < 4.78 is 26.8. The molecule has 3 aromatic carbocycles. The van der Waals surface area contributed by atoms with E-state index in [1.165, 1.54) is 0 Å². The molecule has 0 radical (unpaired) electrons. The monoisotopic (exact) mass is 709 g/mol. The molecular formula is C41H49N4O5S+. The van der Waals surface area contributed by atoms with Gasteiger partial charge in [-0.2, -0.15) is 0 Å². The SMILES string of the molecule is CCCCOCCOc1ccc(C2=CC=C(C(=O)Nc3ccc(S(=O)Cc4cncn4CCC)cc3)CCC[N+]2(C=O)Cc2ccccc2)cc1. The quantitative estimate of drug-likeness (QED) is 0.0647. The third kappa shape index (κ3) is 10.4. The van der Waals surface area contributed by atoms with Crippen molar-refractivity contribution in [2.45, 2.75) is 69.7 Å². The average Bonchev–Trinajstić information content (AvgIpc) is 3.58. The third-order valence-corrected chi connectivity index (χ3v) is 10.3. The van der Waals surface area contributed by atoms with Crippen LogP contribution in [0.25, 0.3) is 5.70 Å². The Kier molecular flexibility index (Phi) is 14.1. The number of rotatable bonds is 18. The lowest BCUT2D eigenvalue weighted by atomic mass is 9.99. The number of quaternary nitrogens is 1. The summed E-state index contributed by atoms with van der Waals surface area (Å²) >= 11 is 0. The molecule has 0 bridgehead atoms. The number of amides is 2. The summed E-state index contributed by atoms with van der Waals surface area (Å²) in [7, 11) is -1.24. The molecule has 9 nitrogen and oxygen atoms in total. The molecule has 0 spiro atoms. The van der Waals surface area contributed by atoms with Gasteiger partial charge in [0.2, 0.25) is 0 Å². The van der Waals surface area contributed by atoms with Crippen LogP contribution in [0.4, 0.5) is 5.69 Å². The van der Waals surface area contributed by atoms with Gasteiger partial charge in [-0.3, -0.25) is 9.00 Å². The number of unbranched alkanes of at least 4 members (excludes halogenated alkanes) is 1. The highest BCUT2D eigenvalue weighted by Gasteiger charge is 2.35. The smallest absolute Gasteiger partial charge is 0.306 e. The number of benzene rings is 3. The largest absolute Gasteiger partial charge is 0.491 e. The Bertz CT molecular complexity index is 1800. The van der Waals surface area contributed by atoms with Crippen molar-refractivity contribution in [3.63, 3.8) is 0 Å². The molecule has 4 aromatic rings. The van der Waals surface area contributed by atoms with E-state index in [1.54, 1.807) is 36.8 Å². The Morgan fingerprint density at radius 2 is 1.75 bits per heavy atom. The summed E-state index contributed by atoms with van der Waals surface area (Å²) in [6.07, 6.45) is 12.6. The van der Waals surface area contributed by atoms with E-state index in [4.69, 9.17) is 9.47 Å². The number of nitrogens with zero attached hydrogens (tertiary/aromatic N) is 3. The normalized spacial score (nSPS) is 16.7. The zero-order chi connectivity index (χ0) is 35.9. The van der Waals surface area contributed by atoms with Gasteiger partial charge in [0.1, 0.15) is 24.6 Å². The van der Waals surface area contributed by atoms with Gasteiger partial charge in [0.05, 0.1) is 41.7 Å². The second-order valence-electron chi connectivity index (χ2n) is 12.7. The number of anilines is 1. The van der Waals surface area contributed by atoms with E-state index in [0.717, 1.165) is 67.1 Å². The predicted octanol–water partition coefficient (Wildman–Crippen LogP) is 7.67. The number of aromatic nitrogens is 2. The van der Waals surface area contributed by atoms with Crippen molar-refractivity contribution in [3.05, 3.63) is 126 Å². The summed E-state index contributed by atoms with van der Waals surface area (Å²) in [6, 6.07) is 24.9. The van der Waals surface area contributed by atoms with Crippen LogP contribution >= 0.6 is 0 Å². The molecule has 1 aromatic heterocycles. The number of carbonyl (C=O) groups excluding carboxylic acids is 2. The highest BCUT2D eigenvalue weighted by Crippen LogP contribution is 2.33. The van der Waals surface area contributed by atoms with Crippen LogP contribution in [0, 0.1) is 0 Å². The summed E-state index contributed by atoms with van der Waals surface area (Å²) in [6.45, 7) is 7.81. The highest BCUT2D eigenvalue weighted by atomic mass is 32.2. The van der Waals surface area contributed by atoms with Crippen LogP contribution in [-0.4, -0.2) is 56.9 Å². The minimum Gasteiger partial charge on any atom is -0.491 e. The van der Waals surface area contributed by atoms with E-state index in [-0.39, 0.29) is 10.4 Å².